The van der Waals surface area contributed by atoms with Gasteiger partial charge in [-0.3, -0.25) is 4.68 Å². The highest BCUT2D eigenvalue weighted by atomic mass is 15.3. The minimum atomic E-state index is 0.453. The van der Waals surface area contributed by atoms with E-state index in [2.05, 4.69) is 19.9 Å². The van der Waals surface area contributed by atoms with Crippen LogP contribution in [-0.2, 0) is 20.0 Å². The molecule has 0 amide bonds. The van der Waals surface area contributed by atoms with Crippen molar-refractivity contribution >= 4 is 0 Å². The molecule has 0 atom stereocenters. The van der Waals surface area contributed by atoms with Gasteiger partial charge in [0.05, 0.1) is 0 Å². The van der Waals surface area contributed by atoms with Crippen LogP contribution in [0.5, 0.6) is 0 Å². The molecule has 5 nitrogen and oxygen atoms in total. The van der Waals surface area contributed by atoms with Gasteiger partial charge < -0.3 is 4.57 Å². The number of hydrogen-bond donors (Lipinski definition) is 0. The average molecular weight is 271 g/mol. The Balaban J connectivity index is 1.69. The van der Waals surface area contributed by atoms with E-state index in [0.29, 0.717) is 5.41 Å². The third-order valence-electron chi connectivity index (χ3n) is 5.07. The van der Waals surface area contributed by atoms with Gasteiger partial charge in [-0.2, -0.15) is 5.10 Å². The van der Waals surface area contributed by atoms with Crippen molar-refractivity contribution in [2.75, 3.05) is 0 Å². The van der Waals surface area contributed by atoms with Crippen LogP contribution in [0.3, 0.4) is 0 Å². The first-order valence-electron chi connectivity index (χ1n) is 7.68. The quantitative estimate of drug-likeness (QED) is 0.801. The highest BCUT2D eigenvalue weighted by Crippen LogP contribution is 2.44. The lowest BCUT2D eigenvalue weighted by Gasteiger charge is -2.26. The Labute approximate surface area is 119 Å². The molecule has 1 saturated carbocycles. The van der Waals surface area contributed by atoms with Gasteiger partial charge in [0.15, 0.2) is 5.82 Å². The lowest BCUT2D eigenvalue weighted by atomic mass is 9.79. The first-order chi connectivity index (χ1) is 9.77. The van der Waals surface area contributed by atoms with Crippen molar-refractivity contribution in [3.05, 3.63) is 18.1 Å². The Morgan fingerprint density at radius 3 is 2.60 bits per heavy atom. The zero-order valence-electron chi connectivity index (χ0n) is 12.0. The Hall–Kier alpha value is -1.65. The summed E-state index contributed by atoms with van der Waals surface area (Å²) in [5.74, 6) is 2.16. The molecule has 0 aromatic carbocycles. The lowest BCUT2D eigenvalue weighted by Crippen LogP contribution is -2.22. The molecule has 1 spiro atoms. The third kappa shape index (κ3) is 1.79. The van der Waals surface area contributed by atoms with Gasteiger partial charge in [-0.1, -0.05) is 25.7 Å². The Kier molecular flexibility index (Phi) is 2.69. The van der Waals surface area contributed by atoms with E-state index in [-0.39, 0.29) is 0 Å². The molecule has 0 saturated heterocycles. The summed E-state index contributed by atoms with van der Waals surface area (Å²) in [6, 6.07) is 2.02. The maximum absolute atomic E-state index is 4.45. The standard InChI is InChI=1S/C15H21N5/c1-19-12(6-9-16-19)14-18-17-13-10-15(11-20(13)14)7-4-2-3-5-8-15/h6,9H,2-5,7-8,10-11H2,1H3. The monoisotopic (exact) mass is 271 g/mol. The Morgan fingerprint density at radius 2 is 1.90 bits per heavy atom. The second-order valence-corrected chi connectivity index (χ2v) is 6.46. The summed E-state index contributed by atoms with van der Waals surface area (Å²) < 4.78 is 4.22. The van der Waals surface area contributed by atoms with Gasteiger partial charge in [0, 0.05) is 26.2 Å². The van der Waals surface area contributed by atoms with E-state index in [9.17, 15) is 0 Å². The molecule has 2 aliphatic rings. The summed E-state index contributed by atoms with van der Waals surface area (Å²) in [5, 5.41) is 13.1. The average Bonchev–Trinajstić information content (AvgIpc) is 3.02. The molecule has 1 aliphatic carbocycles. The zero-order valence-corrected chi connectivity index (χ0v) is 12.0. The molecule has 0 bridgehead atoms. The zero-order chi connectivity index (χ0) is 13.6. The minimum absolute atomic E-state index is 0.453. The van der Waals surface area contributed by atoms with E-state index in [1.165, 1.54) is 44.3 Å². The molecule has 106 valence electrons. The number of rotatable bonds is 1. The van der Waals surface area contributed by atoms with Gasteiger partial charge in [0.1, 0.15) is 11.5 Å². The van der Waals surface area contributed by atoms with Gasteiger partial charge in [-0.25, -0.2) is 0 Å². The summed E-state index contributed by atoms with van der Waals surface area (Å²) >= 11 is 0. The van der Waals surface area contributed by atoms with Crippen molar-refractivity contribution in [3.63, 3.8) is 0 Å². The van der Waals surface area contributed by atoms with Crippen LogP contribution in [0.4, 0.5) is 0 Å². The SMILES string of the molecule is Cn1nccc1-c1nnc2n1CC1(CCCCCC1)C2. The van der Waals surface area contributed by atoms with Crippen LogP contribution in [0.25, 0.3) is 11.5 Å². The van der Waals surface area contributed by atoms with Crippen LogP contribution in [0.1, 0.15) is 44.3 Å². The fourth-order valence-electron chi connectivity index (χ4n) is 3.96. The maximum Gasteiger partial charge on any atom is 0.182 e. The summed E-state index contributed by atoms with van der Waals surface area (Å²) in [4.78, 5) is 0. The number of fused-ring (bicyclic) bond motifs is 1. The molecule has 3 heterocycles. The highest BCUT2D eigenvalue weighted by molar-refractivity contribution is 5.50. The van der Waals surface area contributed by atoms with Crippen LogP contribution < -0.4 is 0 Å². The van der Waals surface area contributed by atoms with Crippen LogP contribution in [0.2, 0.25) is 0 Å². The van der Waals surface area contributed by atoms with Crippen molar-refractivity contribution in [3.8, 4) is 11.5 Å². The molecule has 2 aromatic heterocycles. The molecular formula is C15H21N5. The number of aromatic nitrogens is 5. The van der Waals surface area contributed by atoms with E-state index >= 15 is 0 Å². The van der Waals surface area contributed by atoms with Crippen molar-refractivity contribution in [2.24, 2.45) is 12.5 Å². The maximum atomic E-state index is 4.45. The molecule has 5 heteroatoms. The van der Waals surface area contributed by atoms with E-state index in [4.69, 9.17) is 0 Å². The van der Waals surface area contributed by atoms with Gasteiger partial charge in [0.25, 0.3) is 0 Å². The first-order valence-corrected chi connectivity index (χ1v) is 7.68. The molecule has 2 aromatic rings. The molecule has 1 aliphatic heterocycles. The van der Waals surface area contributed by atoms with E-state index in [1.54, 1.807) is 0 Å². The van der Waals surface area contributed by atoms with Crippen molar-refractivity contribution < 1.29 is 0 Å². The molecule has 0 N–H and O–H groups in total. The number of hydrogen-bond acceptors (Lipinski definition) is 3. The van der Waals surface area contributed by atoms with Gasteiger partial charge in [-0.05, 0) is 24.3 Å². The van der Waals surface area contributed by atoms with Gasteiger partial charge in [-0.15, -0.1) is 10.2 Å². The predicted octanol–water partition coefficient (Wildman–Crippen LogP) is 2.58. The number of nitrogens with zero attached hydrogens (tertiary/aromatic N) is 5. The Morgan fingerprint density at radius 1 is 1.10 bits per heavy atom. The fraction of sp³-hybridized carbons (Fsp3) is 0.667. The van der Waals surface area contributed by atoms with E-state index in [1.807, 2.05) is 24.0 Å². The molecule has 4 rings (SSSR count). The highest BCUT2D eigenvalue weighted by Gasteiger charge is 2.40. The van der Waals surface area contributed by atoms with Crippen LogP contribution in [0.15, 0.2) is 12.3 Å². The predicted molar refractivity (Wildman–Crippen MR) is 76.1 cm³/mol. The second-order valence-electron chi connectivity index (χ2n) is 6.46. The summed E-state index contributed by atoms with van der Waals surface area (Å²) in [7, 11) is 1.97. The van der Waals surface area contributed by atoms with Crippen molar-refractivity contribution in [1.82, 2.24) is 24.5 Å². The largest absolute Gasteiger partial charge is 0.309 e. The smallest absolute Gasteiger partial charge is 0.182 e. The first kappa shape index (κ1) is 12.1. The lowest BCUT2D eigenvalue weighted by molar-refractivity contribution is 0.238. The molecule has 0 radical (unpaired) electrons. The Bertz CT molecular complexity index is 616. The van der Waals surface area contributed by atoms with Crippen LogP contribution in [-0.4, -0.2) is 24.5 Å². The molecule has 1 fully saturated rings. The van der Waals surface area contributed by atoms with Crippen LogP contribution >= 0.6 is 0 Å². The molecule has 20 heavy (non-hydrogen) atoms. The van der Waals surface area contributed by atoms with Crippen LogP contribution in [0, 0.1) is 5.41 Å². The number of aryl methyl sites for hydroxylation is 1. The summed E-state index contributed by atoms with van der Waals surface area (Å²) in [6.07, 6.45) is 11.2. The van der Waals surface area contributed by atoms with E-state index in [0.717, 1.165) is 24.5 Å². The summed E-state index contributed by atoms with van der Waals surface area (Å²) in [5.41, 5.74) is 1.52. The third-order valence-corrected chi connectivity index (χ3v) is 5.07. The molecular weight excluding hydrogens is 250 g/mol. The van der Waals surface area contributed by atoms with E-state index < -0.39 is 0 Å². The fourth-order valence-corrected chi connectivity index (χ4v) is 3.96. The van der Waals surface area contributed by atoms with Gasteiger partial charge >= 0.3 is 0 Å². The minimum Gasteiger partial charge on any atom is -0.309 e. The van der Waals surface area contributed by atoms with Gasteiger partial charge in [0.2, 0.25) is 0 Å². The summed E-state index contributed by atoms with van der Waals surface area (Å²) in [6.45, 7) is 1.09. The van der Waals surface area contributed by atoms with Crippen molar-refractivity contribution in [1.29, 1.82) is 0 Å². The normalized spacial score (nSPS) is 21.1. The van der Waals surface area contributed by atoms with Crippen molar-refractivity contribution in [2.45, 2.75) is 51.5 Å². The molecule has 0 unspecified atom stereocenters. The second kappa shape index (κ2) is 4.43. The topological polar surface area (TPSA) is 48.5 Å².